The third-order valence-electron chi connectivity index (χ3n) is 6.27. The van der Waals surface area contributed by atoms with Crippen LogP contribution in [0.2, 0.25) is 0 Å². The van der Waals surface area contributed by atoms with E-state index in [4.69, 9.17) is 0 Å². The summed E-state index contributed by atoms with van der Waals surface area (Å²) in [5, 5.41) is 14.6. The van der Waals surface area contributed by atoms with Crippen molar-refractivity contribution in [1.29, 1.82) is 0 Å². The quantitative estimate of drug-likeness (QED) is 0.515. The summed E-state index contributed by atoms with van der Waals surface area (Å²) in [6.07, 6.45) is 2.49. The van der Waals surface area contributed by atoms with E-state index in [1.54, 1.807) is 29.9 Å². The van der Waals surface area contributed by atoms with Gasteiger partial charge < -0.3 is 5.11 Å². The maximum Gasteiger partial charge on any atom is 0.389 e. The highest BCUT2D eigenvalue weighted by Crippen LogP contribution is 2.37. The second-order valence-corrected chi connectivity index (χ2v) is 9.11. The first kappa shape index (κ1) is 23.4. The van der Waals surface area contributed by atoms with E-state index in [1.807, 2.05) is 6.07 Å². The Balaban J connectivity index is 1.76. The Labute approximate surface area is 189 Å². The first-order chi connectivity index (χ1) is 15.6. The minimum atomic E-state index is -4.23. The van der Waals surface area contributed by atoms with Crippen LogP contribution in [0.15, 0.2) is 30.7 Å². The third-order valence-corrected chi connectivity index (χ3v) is 6.27. The maximum absolute atomic E-state index is 12.8. The topological polar surface area (TPSA) is 80.4 Å². The van der Waals surface area contributed by atoms with Crippen LogP contribution in [0, 0.1) is 5.92 Å². The van der Waals surface area contributed by atoms with E-state index in [9.17, 15) is 23.1 Å². The fourth-order valence-electron chi connectivity index (χ4n) is 4.59. The highest BCUT2D eigenvalue weighted by Gasteiger charge is 2.31. The van der Waals surface area contributed by atoms with Crippen molar-refractivity contribution in [2.24, 2.45) is 5.92 Å². The molecule has 9 heteroatoms. The number of fused-ring (bicyclic) bond motifs is 1. The Morgan fingerprint density at radius 3 is 2.58 bits per heavy atom. The molecule has 1 aliphatic rings. The molecule has 0 bridgehead atoms. The fraction of sp³-hybridized carbons (Fsp3) is 0.500. The van der Waals surface area contributed by atoms with Crippen LogP contribution in [-0.2, 0) is 6.42 Å². The molecule has 4 rings (SSSR count). The van der Waals surface area contributed by atoms with Crippen molar-refractivity contribution in [3.63, 3.8) is 0 Å². The second kappa shape index (κ2) is 9.21. The molecule has 1 fully saturated rings. The molecule has 1 saturated carbocycles. The number of ketones is 1. The number of nitrogens with zero attached hydrogens (tertiary/aromatic N) is 4. The predicted octanol–water partition coefficient (Wildman–Crippen LogP) is 5.14. The van der Waals surface area contributed by atoms with Crippen LogP contribution in [0.5, 0.6) is 0 Å². The van der Waals surface area contributed by atoms with Crippen molar-refractivity contribution in [1.82, 2.24) is 19.6 Å². The monoisotopic (exact) mass is 460 g/mol. The van der Waals surface area contributed by atoms with E-state index in [-0.39, 0.29) is 24.2 Å². The summed E-state index contributed by atoms with van der Waals surface area (Å²) in [5.74, 6) is -0.211. The van der Waals surface area contributed by atoms with Gasteiger partial charge in [-0.3, -0.25) is 9.78 Å². The Morgan fingerprint density at radius 1 is 1.18 bits per heavy atom. The van der Waals surface area contributed by atoms with Crippen LogP contribution < -0.4 is 0 Å². The Morgan fingerprint density at radius 2 is 1.91 bits per heavy atom. The van der Waals surface area contributed by atoms with Gasteiger partial charge in [0.05, 0.1) is 17.8 Å². The van der Waals surface area contributed by atoms with Gasteiger partial charge in [0, 0.05) is 53.5 Å². The number of pyridine rings is 1. The summed E-state index contributed by atoms with van der Waals surface area (Å²) in [6, 6.07) is 3.79. The summed E-state index contributed by atoms with van der Waals surface area (Å²) in [6.45, 7) is 3.03. The van der Waals surface area contributed by atoms with Crippen molar-refractivity contribution in [3.8, 4) is 11.1 Å². The maximum atomic E-state index is 12.8. The summed E-state index contributed by atoms with van der Waals surface area (Å²) >= 11 is 0. The van der Waals surface area contributed by atoms with Gasteiger partial charge in [0.25, 0.3) is 0 Å². The number of aliphatic hydroxyl groups excluding tert-OH is 1. The molecule has 176 valence electrons. The van der Waals surface area contributed by atoms with Crippen LogP contribution in [0.1, 0.15) is 73.7 Å². The number of aliphatic hydroxyl groups is 1. The zero-order valence-electron chi connectivity index (χ0n) is 18.6. The highest BCUT2D eigenvalue weighted by molar-refractivity contribution is 5.95. The molecular formula is C24H27F3N4O2. The van der Waals surface area contributed by atoms with Crippen molar-refractivity contribution < 1.29 is 23.1 Å². The molecule has 3 heterocycles. The van der Waals surface area contributed by atoms with Crippen LogP contribution in [-0.4, -0.2) is 42.8 Å². The van der Waals surface area contributed by atoms with E-state index in [0.29, 0.717) is 29.7 Å². The molecule has 33 heavy (non-hydrogen) atoms. The minimum absolute atomic E-state index is 0.0912. The number of carbonyl (C=O) groups is 1. The first-order valence-corrected chi connectivity index (χ1v) is 11.2. The molecule has 1 N–H and O–H groups in total. The number of Topliss-reactive ketones (excluding diaryl/α,β-unsaturated/α-hetero) is 1. The molecule has 6 nitrogen and oxygen atoms in total. The normalized spacial score (nSPS) is 20.2. The summed E-state index contributed by atoms with van der Waals surface area (Å²) < 4.78 is 40.1. The van der Waals surface area contributed by atoms with E-state index in [0.717, 1.165) is 29.7 Å². The lowest BCUT2D eigenvalue weighted by molar-refractivity contribution is -0.143. The van der Waals surface area contributed by atoms with Gasteiger partial charge in [0.2, 0.25) is 0 Å². The largest absolute Gasteiger partial charge is 0.393 e. The first-order valence-electron chi connectivity index (χ1n) is 11.2. The van der Waals surface area contributed by atoms with Crippen LogP contribution >= 0.6 is 0 Å². The van der Waals surface area contributed by atoms with Gasteiger partial charge in [0.1, 0.15) is 5.82 Å². The number of aromatic nitrogens is 4. The van der Waals surface area contributed by atoms with Crippen molar-refractivity contribution in [2.45, 2.75) is 70.6 Å². The second-order valence-electron chi connectivity index (χ2n) is 9.11. The molecule has 1 aliphatic carbocycles. The van der Waals surface area contributed by atoms with Crippen LogP contribution in [0.25, 0.3) is 16.6 Å². The molecule has 3 aromatic heterocycles. The number of hydrogen-bond acceptors (Lipinski definition) is 5. The third kappa shape index (κ3) is 5.40. The summed E-state index contributed by atoms with van der Waals surface area (Å²) in [7, 11) is 0. The molecular weight excluding hydrogens is 433 g/mol. The molecule has 3 aromatic rings. The van der Waals surface area contributed by atoms with Gasteiger partial charge in [-0.05, 0) is 50.7 Å². The smallest absolute Gasteiger partial charge is 0.389 e. The van der Waals surface area contributed by atoms with Gasteiger partial charge in [-0.1, -0.05) is 6.92 Å². The Bertz CT molecular complexity index is 1150. The zero-order chi connectivity index (χ0) is 23.8. The summed E-state index contributed by atoms with van der Waals surface area (Å²) in [4.78, 5) is 20.4. The lowest BCUT2D eigenvalue weighted by atomic mass is 9.85. The molecule has 0 aliphatic heterocycles. The lowest BCUT2D eigenvalue weighted by Gasteiger charge is -2.25. The van der Waals surface area contributed by atoms with E-state index in [2.05, 4.69) is 15.1 Å². The van der Waals surface area contributed by atoms with Gasteiger partial charge in [-0.15, -0.1) is 0 Å². The molecule has 0 spiro atoms. The number of rotatable bonds is 6. The van der Waals surface area contributed by atoms with Crippen molar-refractivity contribution in [2.75, 3.05) is 0 Å². The molecule has 0 saturated heterocycles. The van der Waals surface area contributed by atoms with Gasteiger partial charge in [-0.25, -0.2) is 9.50 Å². The van der Waals surface area contributed by atoms with Gasteiger partial charge in [0.15, 0.2) is 5.78 Å². The summed E-state index contributed by atoms with van der Waals surface area (Å²) in [5.41, 5.74) is 3.72. The molecule has 0 unspecified atom stereocenters. The average molecular weight is 461 g/mol. The number of hydrogen-bond donors (Lipinski definition) is 1. The number of carbonyl (C=O) groups excluding carboxylic acids is 1. The lowest BCUT2D eigenvalue weighted by Crippen LogP contribution is -2.19. The standard InChI is InChI=1S/C24H27F3N4O2/c1-14(10-24(25,26)27)7-23-29-13-22-20(18-8-17(15(2)32)11-28-12-18)9-21(31(22)30-23)16-3-5-19(33)6-4-16/h8-9,11-14,16,19,33H,3-7,10H2,1-2H3/t14-,16?,19?/m1/s1. The van der Waals surface area contributed by atoms with Crippen LogP contribution in [0.4, 0.5) is 13.2 Å². The van der Waals surface area contributed by atoms with Crippen molar-refractivity contribution >= 4 is 11.3 Å². The molecule has 1 atom stereocenters. The predicted molar refractivity (Wildman–Crippen MR) is 117 cm³/mol. The van der Waals surface area contributed by atoms with Gasteiger partial charge in [-0.2, -0.15) is 18.3 Å². The van der Waals surface area contributed by atoms with E-state index < -0.39 is 18.5 Å². The van der Waals surface area contributed by atoms with E-state index in [1.165, 1.54) is 13.1 Å². The Kier molecular flexibility index (Phi) is 6.52. The fourth-order valence-corrected chi connectivity index (χ4v) is 4.59. The van der Waals surface area contributed by atoms with Gasteiger partial charge >= 0.3 is 6.18 Å². The average Bonchev–Trinajstić information content (AvgIpc) is 3.12. The number of halogens is 3. The molecule has 0 amide bonds. The van der Waals surface area contributed by atoms with Crippen LogP contribution in [0.3, 0.4) is 0 Å². The van der Waals surface area contributed by atoms with E-state index >= 15 is 0 Å². The molecule has 0 radical (unpaired) electrons. The highest BCUT2D eigenvalue weighted by atomic mass is 19.4. The van der Waals surface area contributed by atoms with Crippen molar-refractivity contribution in [3.05, 3.63) is 47.8 Å². The minimum Gasteiger partial charge on any atom is -0.393 e. The SMILES string of the molecule is CC(=O)c1cncc(-c2cc(C3CCC(O)CC3)n3nc(C[C@@H](C)CC(F)(F)F)ncc23)c1. The Hall–Kier alpha value is -2.81. The number of alkyl halides is 3. The molecule has 0 aromatic carbocycles. The zero-order valence-corrected chi connectivity index (χ0v) is 18.6.